The van der Waals surface area contributed by atoms with E-state index in [4.69, 9.17) is 4.52 Å². The molecule has 0 saturated heterocycles. The van der Waals surface area contributed by atoms with Crippen LogP contribution in [0.15, 0.2) is 48.5 Å². The maximum absolute atomic E-state index is 6.23. The van der Waals surface area contributed by atoms with Crippen LogP contribution >= 0.6 is 8.15 Å². The van der Waals surface area contributed by atoms with Gasteiger partial charge in [-0.3, -0.25) is 0 Å². The van der Waals surface area contributed by atoms with Crippen molar-refractivity contribution >= 4 is 18.8 Å². The summed E-state index contributed by atoms with van der Waals surface area (Å²) in [4.78, 5) is 0. The van der Waals surface area contributed by atoms with E-state index in [9.17, 15) is 0 Å². The van der Waals surface area contributed by atoms with E-state index in [1.807, 2.05) is 0 Å². The van der Waals surface area contributed by atoms with Gasteiger partial charge in [-0.2, -0.15) is 0 Å². The van der Waals surface area contributed by atoms with Crippen LogP contribution in [0.4, 0.5) is 0 Å². The predicted octanol–water partition coefficient (Wildman–Crippen LogP) is 4.47. The van der Waals surface area contributed by atoms with E-state index >= 15 is 0 Å². The van der Waals surface area contributed by atoms with Gasteiger partial charge in [-0.05, 0) is 32.4 Å². The van der Waals surface area contributed by atoms with Gasteiger partial charge in [0.1, 0.15) is 0 Å². The van der Waals surface area contributed by atoms with E-state index in [1.165, 1.54) is 28.2 Å². The van der Waals surface area contributed by atoms with Gasteiger partial charge in [0.15, 0.2) is 0 Å². The molecular weight excluding hydrogens is 263 g/mol. The van der Waals surface area contributed by atoms with Crippen molar-refractivity contribution in [1.29, 1.82) is 0 Å². The minimum atomic E-state index is -0.695. The molecule has 106 valence electrons. The average Bonchev–Trinajstić information content (AvgIpc) is 2.43. The fourth-order valence-electron chi connectivity index (χ4n) is 2.11. The van der Waals surface area contributed by atoms with Crippen molar-refractivity contribution < 1.29 is 4.52 Å². The maximum Gasteiger partial charge on any atom is 0.0917 e. The van der Waals surface area contributed by atoms with Crippen molar-refractivity contribution in [2.45, 2.75) is 33.6 Å². The Morgan fingerprint density at radius 2 is 1.45 bits per heavy atom. The molecule has 0 N–H and O–H groups in total. The van der Waals surface area contributed by atoms with E-state index in [1.54, 1.807) is 0 Å². The van der Waals surface area contributed by atoms with Gasteiger partial charge >= 0.3 is 0 Å². The molecule has 2 aromatic carbocycles. The number of hydrogen-bond donors (Lipinski definition) is 0. The van der Waals surface area contributed by atoms with Crippen LogP contribution < -0.4 is 10.6 Å². The molecule has 0 unspecified atom stereocenters. The Bertz CT molecular complexity index is 505. The first-order chi connectivity index (χ1) is 9.70. The highest BCUT2D eigenvalue weighted by molar-refractivity contribution is 7.68. The van der Waals surface area contributed by atoms with E-state index in [-0.39, 0.29) is 0 Å². The minimum Gasteiger partial charge on any atom is -0.350 e. The summed E-state index contributed by atoms with van der Waals surface area (Å²) in [5, 5.41) is 2.61. The molecule has 0 heterocycles. The van der Waals surface area contributed by atoms with E-state index in [0.29, 0.717) is 0 Å². The predicted molar refractivity (Wildman–Crippen MR) is 89.4 cm³/mol. The van der Waals surface area contributed by atoms with E-state index in [2.05, 4.69) is 69.3 Å². The number of benzene rings is 2. The lowest BCUT2D eigenvalue weighted by atomic mass is 10.2. The second-order valence-electron chi connectivity index (χ2n) is 5.16. The van der Waals surface area contributed by atoms with Crippen LogP contribution in [-0.2, 0) is 4.52 Å². The second-order valence-corrected chi connectivity index (χ2v) is 7.04. The molecule has 0 amide bonds. The van der Waals surface area contributed by atoms with Gasteiger partial charge in [-0.25, -0.2) is 0 Å². The van der Waals surface area contributed by atoms with Crippen molar-refractivity contribution in [1.82, 2.24) is 0 Å². The van der Waals surface area contributed by atoms with Gasteiger partial charge in [-0.1, -0.05) is 60.9 Å². The maximum atomic E-state index is 6.23. The molecular formula is C18H23OP. The number of rotatable bonds is 6. The monoisotopic (exact) mass is 286 g/mol. The first-order valence-corrected chi connectivity index (χ1v) is 8.53. The molecule has 0 spiro atoms. The molecule has 2 aromatic rings. The zero-order valence-electron chi connectivity index (χ0n) is 12.6. The van der Waals surface area contributed by atoms with E-state index in [0.717, 1.165) is 13.0 Å². The lowest BCUT2D eigenvalue weighted by Crippen LogP contribution is -2.15. The van der Waals surface area contributed by atoms with Gasteiger partial charge in [0.05, 0.1) is 14.8 Å². The van der Waals surface area contributed by atoms with Crippen molar-refractivity contribution in [3.8, 4) is 0 Å². The SMILES string of the molecule is CCCCOP(c1cccc(C)c1)c1cccc(C)c1. The van der Waals surface area contributed by atoms with Crippen molar-refractivity contribution in [3.63, 3.8) is 0 Å². The highest BCUT2D eigenvalue weighted by atomic mass is 31.1. The van der Waals surface area contributed by atoms with Gasteiger partial charge in [0.25, 0.3) is 0 Å². The van der Waals surface area contributed by atoms with Crippen molar-refractivity contribution in [2.75, 3.05) is 6.61 Å². The summed E-state index contributed by atoms with van der Waals surface area (Å²) in [5.41, 5.74) is 2.59. The van der Waals surface area contributed by atoms with Gasteiger partial charge in [-0.15, -0.1) is 0 Å². The molecule has 0 fully saturated rings. The molecule has 0 aliphatic heterocycles. The Kier molecular flexibility index (Phi) is 5.76. The van der Waals surface area contributed by atoms with Crippen LogP contribution in [0, 0.1) is 13.8 Å². The number of unbranched alkanes of at least 4 members (excludes halogenated alkanes) is 1. The highest BCUT2D eigenvalue weighted by Gasteiger charge is 2.15. The van der Waals surface area contributed by atoms with Crippen LogP contribution in [0.25, 0.3) is 0 Å². The second kappa shape index (κ2) is 7.57. The van der Waals surface area contributed by atoms with Gasteiger partial charge in [0, 0.05) is 10.6 Å². The summed E-state index contributed by atoms with van der Waals surface area (Å²) in [6.07, 6.45) is 2.29. The third kappa shape index (κ3) is 4.16. The number of aryl methyl sites for hydroxylation is 2. The molecule has 0 atom stereocenters. The van der Waals surface area contributed by atoms with Crippen molar-refractivity contribution in [3.05, 3.63) is 59.7 Å². The zero-order valence-corrected chi connectivity index (χ0v) is 13.5. The van der Waals surface area contributed by atoms with Crippen LogP contribution in [0.5, 0.6) is 0 Å². The third-order valence-electron chi connectivity index (χ3n) is 3.19. The molecule has 2 rings (SSSR count). The molecule has 0 aliphatic carbocycles. The fraction of sp³-hybridized carbons (Fsp3) is 0.333. The topological polar surface area (TPSA) is 9.23 Å². The lowest BCUT2D eigenvalue weighted by molar-refractivity contribution is 0.350. The zero-order chi connectivity index (χ0) is 14.4. The summed E-state index contributed by atoms with van der Waals surface area (Å²) in [7, 11) is -0.695. The van der Waals surface area contributed by atoms with Gasteiger partial charge < -0.3 is 4.52 Å². The molecule has 1 nitrogen and oxygen atoms in total. The Morgan fingerprint density at radius 3 is 1.90 bits per heavy atom. The molecule has 0 radical (unpaired) electrons. The lowest BCUT2D eigenvalue weighted by Gasteiger charge is -2.19. The Labute approximate surface area is 123 Å². The highest BCUT2D eigenvalue weighted by Crippen LogP contribution is 2.35. The largest absolute Gasteiger partial charge is 0.350 e. The summed E-state index contributed by atoms with van der Waals surface area (Å²) in [6.45, 7) is 7.31. The average molecular weight is 286 g/mol. The van der Waals surface area contributed by atoms with Crippen LogP contribution in [0.2, 0.25) is 0 Å². The van der Waals surface area contributed by atoms with Crippen LogP contribution in [-0.4, -0.2) is 6.61 Å². The quantitative estimate of drug-likeness (QED) is 0.562. The molecule has 0 aromatic heterocycles. The minimum absolute atomic E-state index is 0.695. The summed E-state index contributed by atoms with van der Waals surface area (Å²) in [6, 6.07) is 17.4. The molecule has 2 heteroatoms. The Balaban J connectivity index is 2.29. The first kappa shape index (κ1) is 15.2. The fourth-order valence-corrected chi connectivity index (χ4v) is 4.10. The summed E-state index contributed by atoms with van der Waals surface area (Å²) in [5.74, 6) is 0. The van der Waals surface area contributed by atoms with Crippen LogP contribution in [0.1, 0.15) is 30.9 Å². The molecule has 0 aliphatic rings. The third-order valence-corrected chi connectivity index (χ3v) is 5.13. The number of hydrogen-bond acceptors (Lipinski definition) is 1. The summed E-state index contributed by atoms with van der Waals surface area (Å²) >= 11 is 0. The Morgan fingerprint density at radius 1 is 0.900 bits per heavy atom. The first-order valence-electron chi connectivity index (χ1n) is 7.27. The van der Waals surface area contributed by atoms with Crippen LogP contribution in [0.3, 0.4) is 0 Å². The van der Waals surface area contributed by atoms with E-state index < -0.39 is 8.15 Å². The molecule has 0 bridgehead atoms. The summed E-state index contributed by atoms with van der Waals surface area (Å²) < 4.78 is 6.23. The van der Waals surface area contributed by atoms with Crippen molar-refractivity contribution in [2.24, 2.45) is 0 Å². The molecule has 0 saturated carbocycles. The van der Waals surface area contributed by atoms with Gasteiger partial charge in [0.2, 0.25) is 0 Å². The Hall–Kier alpha value is -1.17. The normalized spacial score (nSPS) is 11.0. The molecule has 20 heavy (non-hydrogen) atoms. The standard InChI is InChI=1S/C18H23OP/c1-4-5-12-19-20(17-10-6-8-15(2)13-17)18-11-7-9-16(3)14-18/h6-11,13-14H,4-5,12H2,1-3H3. The smallest absolute Gasteiger partial charge is 0.0917 e.